The lowest BCUT2D eigenvalue weighted by molar-refractivity contribution is 0.0799. The second-order valence-electron chi connectivity index (χ2n) is 9.84. The van der Waals surface area contributed by atoms with Crippen molar-refractivity contribution in [1.82, 2.24) is 25.8 Å². The molecule has 42 heavy (non-hydrogen) atoms. The molecule has 2 atom stereocenters. The Balaban J connectivity index is 1.39. The van der Waals surface area contributed by atoms with E-state index < -0.39 is 17.8 Å². The Bertz CT molecular complexity index is 1590. The molecule has 2 aromatic heterocycles. The van der Waals surface area contributed by atoms with E-state index in [-0.39, 0.29) is 23.0 Å². The van der Waals surface area contributed by atoms with Crippen LogP contribution in [-0.4, -0.2) is 46.8 Å². The van der Waals surface area contributed by atoms with Gasteiger partial charge in [-0.15, -0.1) is 0 Å². The normalized spacial score (nSPS) is 12.5. The molecule has 5 aromatic rings. The number of aromatic nitrogens is 3. The highest BCUT2D eigenvalue weighted by Crippen LogP contribution is 2.29. The zero-order valence-corrected chi connectivity index (χ0v) is 23.1. The fourth-order valence-electron chi connectivity index (χ4n) is 4.77. The van der Waals surface area contributed by atoms with Gasteiger partial charge in [-0.05, 0) is 67.2 Å². The highest BCUT2D eigenvalue weighted by Gasteiger charge is 2.26. The summed E-state index contributed by atoms with van der Waals surface area (Å²) >= 11 is 0. The van der Waals surface area contributed by atoms with Crippen molar-refractivity contribution in [2.24, 2.45) is 0 Å². The van der Waals surface area contributed by atoms with Gasteiger partial charge >= 0.3 is 0 Å². The molecular weight excluding hydrogens is 536 g/mol. The summed E-state index contributed by atoms with van der Waals surface area (Å²) in [6.45, 7) is 0.744. The second-order valence-corrected chi connectivity index (χ2v) is 9.84. The van der Waals surface area contributed by atoms with Crippen molar-refractivity contribution in [2.45, 2.75) is 25.1 Å². The second kappa shape index (κ2) is 13.8. The van der Waals surface area contributed by atoms with Gasteiger partial charge in [-0.1, -0.05) is 42.5 Å². The van der Waals surface area contributed by atoms with Gasteiger partial charge in [-0.2, -0.15) is 5.10 Å². The highest BCUT2D eigenvalue weighted by molar-refractivity contribution is 6.01. The first-order valence-corrected chi connectivity index (χ1v) is 13.6. The van der Waals surface area contributed by atoms with Crippen LogP contribution in [0.2, 0.25) is 0 Å². The van der Waals surface area contributed by atoms with Crippen LogP contribution in [0.1, 0.15) is 21.6 Å². The van der Waals surface area contributed by atoms with Crippen LogP contribution >= 0.6 is 0 Å². The Morgan fingerprint density at radius 2 is 1.71 bits per heavy atom. The SMILES string of the molecule is CNC(COCc1ccccc1)C(Cc1ccccn1)NC(=O)c1cccc(F)c1-c1cc(-c2ccc(F)cc2)n[nH]1. The number of H-pyrrole nitrogens is 1. The van der Waals surface area contributed by atoms with Crippen LogP contribution in [0.4, 0.5) is 8.78 Å². The van der Waals surface area contributed by atoms with Gasteiger partial charge < -0.3 is 15.4 Å². The standard InChI is InChI=1S/C33H31F2N5O2/c1-36-31(21-42-20-22-8-3-2-4-9-22)29(18-25-10-5-6-17-37-25)38-33(41)26-11-7-12-27(35)32(26)30-19-28(39-40-30)23-13-15-24(34)16-14-23/h2-17,19,29,31,36H,18,20-21H2,1H3,(H,38,41)(H,39,40). The molecule has 2 unspecified atom stereocenters. The molecule has 0 saturated carbocycles. The maximum atomic E-state index is 15.3. The number of nitrogens with zero attached hydrogens (tertiary/aromatic N) is 2. The Morgan fingerprint density at radius 3 is 2.45 bits per heavy atom. The minimum Gasteiger partial charge on any atom is -0.375 e. The van der Waals surface area contributed by atoms with Crippen LogP contribution in [0.25, 0.3) is 22.5 Å². The maximum Gasteiger partial charge on any atom is 0.252 e. The third kappa shape index (κ3) is 7.12. The molecular formula is C33H31F2N5O2. The number of carbonyl (C=O) groups excluding carboxylic acids is 1. The van der Waals surface area contributed by atoms with E-state index in [1.54, 1.807) is 30.5 Å². The number of amides is 1. The van der Waals surface area contributed by atoms with E-state index in [9.17, 15) is 9.18 Å². The van der Waals surface area contributed by atoms with Crippen molar-refractivity contribution < 1.29 is 18.3 Å². The van der Waals surface area contributed by atoms with Crippen molar-refractivity contribution in [1.29, 1.82) is 0 Å². The summed E-state index contributed by atoms with van der Waals surface area (Å²) < 4.78 is 34.7. The molecule has 9 heteroatoms. The zero-order chi connectivity index (χ0) is 29.3. The van der Waals surface area contributed by atoms with E-state index in [4.69, 9.17) is 4.74 Å². The summed E-state index contributed by atoms with van der Waals surface area (Å²) in [6.07, 6.45) is 2.13. The first kappa shape index (κ1) is 28.8. The number of rotatable bonds is 12. The van der Waals surface area contributed by atoms with Gasteiger partial charge in [0.2, 0.25) is 0 Å². The number of nitrogens with one attached hydrogen (secondary N) is 3. The van der Waals surface area contributed by atoms with E-state index >= 15 is 4.39 Å². The molecule has 0 aliphatic rings. The largest absolute Gasteiger partial charge is 0.375 e. The van der Waals surface area contributed by atoms with Gasteiger partial charge in [0.15, 0.2) is 0 Å². The quantitative estimate of drug-likeness (QED) is 0.184. The van der Waals surface area contributed by atoms with E-state index in [1.165, 1.54) is 24.3 Å². The fraction of sp³-hybridized carbons (Fsp3) is 0.182. The number of hydrogen-bond donors (Lipinski definition) is 3. The highest BCUT2D eigenvalue weighted by atomic mass is 19.1. The number of ether oxygens (including phenoxy) is 1. The summed E-state index contributed by atoms with van der Waals surface area (Å²) in [6, 6.07) is 26.6. The average molecular weight is 568 g/mol. The lowest BCUT2D eigenvalue weighted by Gasteiger charge is -2.28. The molecule has 3 aromatic carbocycles. The molecule has 1 amide bonds. The van der Waals surface area contributed by atoms with Crippen molar-refractivity contribution in [2.75, 3.05) is 13.7 Å². The lowest BCUT2D eigenvalue weighted by atomic mass is 9.99. The molecule has 0 bridgehead atoms. The van der Waals surface area contributed by atoms with Gasteiger partial charge in [-0.25, -0.2) is 8.78 Å². The summed E-state index contributed by atoms with van der Waals surface area (Å²) in [7, 11) is 1.81. The zero-order valence-electron chi connectivity index (χ0n) is 23.1. The van der Waals surface area contributed by atoms with Crippen LogP contribution < -0.4 is 10.6 Å². The molecule has 0 radical (unpaired) electrons. The molecule has 214 valence electrons. The van der Waals surface area contributed by atoms with Gasteiger partial charge in [0.25, 0.3) is 5.91 Å². The van der Waals surface area contributed by atoms with E-state index in [0.717, 1.165) is 11.3 Å². The Hall–Kier alpha value is -4.73. The third-order valence-electron chi connectivity index (χ3n) is 6.98. The Labute approximate surface area is 243 Å². The predicted molar refractivity (Wildman–Crippen MR) is 158 cm³/mol. The van der Waals surface area contributed by atoms with E-state index in [2.05, 4.69) is 25.8 Å². The molecule has 0 aliphatic carbocycles. The number of aromatic amines is 1. The van der Waals surface area contributed by atoms with Crippen LogP contribution in [-0.2, 0) is 17.8 Å². The first-order chi connectivity index (χ1) is 20.5. The van der Waals surface area contributed by atoms with Crippen molar-refractivity contribution in [3.8, 4) is 22.5 Å². The number of likely N-dealkylation sites (N-methyl/N-ethyl adjacent to an activating group) is 1. The monoisotopic (exact) mass is 567 g/mol. The minimum absolute atomic E-state index is 0.0915. The molecule has 0 saturated heterocycles. The number of halogens is 2. The molecule has 0 fully saturated rings. The molecule has 0 aliphatic heterocycles. The number of benzene rings is 3. The van der Waals surface area contributed by atoms with Gasteiger partial charge in [0, 0.05) is 29.4 Å². The van der Waals surface area contributed by atoms with Gasteiger partial charge in [0.1, 0.15) is 11.6 Å². The maximum absolute atomic E-state index is 15.3. The predicted octanol–water partition coefficient (Wildman–Crippen LogP) is 5.56. The Kier molecular flexibility index (Phi) is 9.43. The molecule has 5 rings (SSSR count). The third-order valence-corrected chi connectivity index (χ3v) is 6.98. The van der Waals surface area contributed by atoms with E-state index in [1.807, 2.05) is 55.6 Å². The van der Waals surface area contributed by atoms with Crippen LogP contribution in [0.3, 0.4) is 0 Å². The van der Waals surface area contributed by atoms with Crippen molar-refractivity contribution in [3.63, 3.8) is 0 Å². The number of hydrogen-bond acceptors (Lipinski definition) is 5. The molecule has 3 N–H and O–H groups in total. The fourth-order valence-corrected chi connectivity index (χ4v) is 4.77. The summed E-state index contributed by atoms with van der Waals surface area (Å²) in [5.41, 5.74) is 3.56. The Morgan fingerprint density at radius 1 is 0.929 bits per heavy atom. The van der Waals surface area contributed by atoms with E-state index in [0.29, 0.717) is 36.6 Å². The summed E-state index contributed by atoms with van der Waals surface area (Å²) in [4.78, 5) is 18.2. The van der Waals surface area contributed by atoms with Crippen molar-refractivity contribution in [3.05, 3.63) is 132 Å². The molecule has 2 heterocycles. The topological polar surface area (TPSA) is 91.9 Å². The molecule has 0 spiro atoms. The number of carbonyl (C=O) groups is 1. The van der Waals surface area contributed by atoms with Crippen molar-refractivity contribution >= 4 is 5.91 Å². The van der Waals surface area contributed by atoms with Gasteiger partial charge in [-0.3, -0.25) is 14.9 Å². The molecule has 7 nitrogen and oxygen atoms in total. The average Bonchev–Trinajstić information content (AvgIpc) is 3.50. The number of pyridine rings is 1. The first-order valence-electron chi connectivity index (χ1n) is 13.6. The minimum atomic E-state index is -0.574. The lowest BCUT2D eigenvalue weighted by Crippen LogP contribution is -2.52. The van der Waals surface area contributed by atoms with Crippen LogP contribution in [0.5, 0.6) is 0 Å². The van der Waals surface area contributed by atoms with Crippen LogP contribution in [0.15, 0.2) is 103 Å². The summed E-state index contributed by atoms with van der Waals surface area (Å²) in [5.74, 6) is -1.39. The summed E-state index contributed by atoms with van der Waals surface area (Å²) in [5, 5.41) is 13.5. The van der Waals surface area contributed by atoms with Gasteiger partial charge in [0.05, 0.1) is 42.2 Å². The smallest absolute Gasteiger partial charge is 0.252 e. The van der Waals surface area contributed by atoms with Crippen LogP contribution in [0, 0.1) is 11.6 Å².